The van der Waals surface area contributed by atoms with Crippen LogP contribution in [0.4, 0.5) is 22.0 Å². The lowest BCUT2D eigenvalue weighted by Gasteiger charge is -2.23. The lowest BCUT2D eigenvalue weighted by molar-refractivity contribution is -0.146. The van der Waals surface area contributed by atoms with Crippen molar-refractivity contribution in [3.63, 3.8) is 0 Å². The fraction of sp³-hybridized carbons (Fsp3) is 0.455. The van der Waals surface area contributed by atoms with Crippen molar-refractivity contribution in [1.82, 2.24) is 4.90 Å². The summed E-state index contributed by atoms with van der Waals surface area (Å²) in [6.07, 6.45) is -4.37. The van der Waals surface area contributed by atoms with Crippen molar-refractivity contribution in [1.29, 1.82) is 0 Å². The smallest absolute Gasteiger partial charge is 0.329 e. The molecule has 7 heteroatoms. The van der Waals surface area contributed by atoms with Crippen LogP contribution in [-0.4, -0.2) is 30.7 Å². The highest BCUT2D eigenvalue weighted by molar-refractivity contribution is 5.17. The molecule has 0 bridgehead atoms. The van der Waals surface area contributed by atoms with Crippen LogP contribution in [0.25, 0.3) is 0 Å². The van der Waals surface area contributed by atoms with Gasteiger partial charge in [0.25, 0.3) is 0 Å². The maximum absolute atomic E-state index is 12.9. The maximum atomic E-state index is 12.9. The molecule has 0 atom stereocenters. The van der Waals surface area contributed by atoms with Crippen LogP contribution >= 0.6 is 0 Å². The largest absolute Gasteiger partial charge is 0.401 e. The average molecular weight is 268 g/mol. The number of nitrogens with two attached hydrogens (primary N) is 1. The first kappa shape index (κ1) is 14.8. The SMILES string of the molecule is NCCN(Cc1cc(F)cc(F)c1)CC(F)(F)F. The average Bonchev–Trinajstić information content (AvgIpc) is 2.12. The molecule has 1 aromatic carbocycles. The Bertz CT molecular complexity index is 371. The second-order valence-corrected chi connectivity index (χ2v) is 3.89. The molecule has 1 rings (SSSR count). The van der Waals surface area contributed by atoms with Crippen molar-refractivity contribution in [3.8, 4) is 0 Å². The van der Waals surface area contributed by atoms with Crippen molar-refractivity contribution in [2.24, 2.45) is 5.73 Å². The molecule has 102 valence electrons. The van der Waals surface area contributed by atoms with E-state index < -0.39 is 24.4 Å². The number of alkyl halides is 3. The first-order chi connectivity index (χ1) is 8.30. The Morgan fingerprint density at radius 2 is 1.61 bits per heavy atom. The molecule has 0 fully saturated rings. The summed E-state index contributed by atoms with van der Waals surface area (Å²) in [6, 6.07) is 2.67. The van der Waals surface area contributed by atoms with Gasteiger partial charge in [0.1, 0.15) is 11.6 Å². The van der Waals surface area contributed by atoms with Gasteiger partial charge in [0.15, 0.2) is 0 Å². The van der Waals surface area contributed by atoms with Crippen LogP contribution < -0.4 is 5.73 Å². The summed E-state index contributed by atoms with van der Waals surface area (Å²) in [4.78, 5) is 0.994. The van der Waals surface area contributed by atoms with Gasteiger partial charge in [-0.3, -0.25) is 4.90 Å². The van der Waals surface area contributed by atoms with E-state index in [2.05, 4.69) is 0 Å². The van der Waals surface area contributed by atoms with Gasteiger partial charge in [0.2, 0.25) is 0 Å². The topological polar surface area (TPSA) is 29.3 Å². The number of rotatable bonds is 5. The Labute approximate surface area is 101 Å². The van der Waals surface area contributed by atoms with Crippen LogP contribution in [0, 0.1) is 11.6 Å². The van der Waals surface area contributed by atoms with E-state index >= 15 is 0 Å². The van der Waals surface area contributed by atoms with Gasteiger partial charge in [-0.25, -0.2) is 8.78 Å². The molecular weight excluding hydrogens is 255 g/mol. The predicted molar refractivity (Wildman–Crippen MR) is 56.7 cm³/mol. The molecule has 0 aliphatic rings. The molecule has 0 radical (unpaired) electrons. The number of benzene rings is 1. The molecule has 2 N–H and O–H groups in total. The minimum absolute atomic E-state index is 0.00234. The fourth-order valence-corrected chi connectivity index (χ4v) is 1.61. The maximum Gasteiger partial charge on any atom is 0.401 e. The van der Waals surface area contributed by atoms with Crippen LogP contribution in [0.5, 0.6) is 0 Å². The van der Waals surface area contributed by atoms with E-state index in [0.29, 0.717) is 6.07 Å². The second-order valence-electron chi connectivity index (χ2n) is 3.89. The third-order valence-corrected chi connectivity index (χ3v) is 2.18. The Balaban J connectivity index is 2.76. The van der Waals surface area contributed by atoms with E-state index in [0.717, 1.165) is 17.0 Å². The Morgan fingerprint density at radius 3 is 2.06 bits per heavy atom. The van der Waals surface area contributed by atoms with Crippen LogP contribution in [-0.2, 0) is 6.54 Å². The quantitative estimate of drug-likeness (QED) is 0.830. The molecular formula is C11H13F5N2. The highest BCUT2D eigenvalue weighted by atomic mass is 19.4. The molecule has 0 amide bonds. The van der Waals surface area contributed by atoms with E-state index in [9.17, 15) is 22.0 Å². The first-order valence-corrected chi connectivity index (χ1v) is 5.24. The molecule has 2 nitrogen and oxygen atoms in total. The summed E-state index contributed by atoms with van der Waals surface area (Å²) in [7, 11) is 0. The zero-order chi connectivity index (χ0) is 13.8. The Kier molecular flexibility index (Phi) is 5.03. The molecule has 0 aliphatic heterocycles. The van der Waals surface area contributed by atoms with Crippen molar-refractivity contribution in [2.75, 3.05) is 19.6 Å². The van der Waals surface area contributed by atoms with E-state index in [1.54, 1.807) is 0 Å². The highest BCUT2D eigenvalue weighted by Gasteiger charge is 2.30. The molecule has 0 aliphatic carbocycles. The van der Waals surface area contributed by atoms with Crippen molar-refractivity contribution >= 4 is 0 Å². The van der Waals surface area contributed by atoms with Crippen molar-refractivity contribution in [3.05, 3.63) is 35.4 Å². The fourth-order valence-electron chi connectivity index (χ4n) is 1.61. The normalized spacial score (nSPS) is 12.2. The highest BCUT2D eigenvalue weighted by Crippen LogP contribution is 2.18. The van der Waals surface area contributed by atoms with Gasteiger partial charge in [-0.05, 0) is 17.7 Å². The third-order valence-electron chi connectivity index (χ3n) is 2.18. The van der Waals surface area contributed by atoms with E-state index in [1.807, 2.05) is 0 Å². The van der Waals surface area contributed by atoms with Gasteiger partial charge in [0, 0.05) is 25.7 Å². The Morgan fingerprint density at radius 1 is 1.06 bits per heavy atom. The summed E-state index contributed by atoms with van der Waals surface area (Å²) in [5.41, 5.74) is 5.35. The van der Waals surface area contributed by atoms with Gasteiger partial charge < -0.3 is 5.73 Å². The van der Waals surface area contributed by atoms with Gasteiger partial charge >= 0.3 is 6.18 Å². The number of halogens is 5. The molecule has 0 spiro atoms. The summed E-state index contributed by atoms with van der Waals surface area (Å²) in [6.45, 7) is -1.33. The van der Waals surface area contributed by atoms with Gasteiger partial charge in [0.05, 0.1) is 6.54 Å². The molecule has 1 aromatic rings. The standard InChI is InChI=1S/C11H13F5N2/c12-9-3-8(4-10(13)5-9)6-18(2-1-17)7-11(14,15)16/h3-5H,1-2,6-7,17H2. The lowest BCUT2D eigenvalue weighted by Crippen LogP contribution is -2.37. The second kappa shape index (κ2) is 6.10. The van der Waals surface area contributed by atoms with Crippen LogP contribution in [0.15, 0.2) is 18.2 Å². The van der Waals surface area contributed by atoms with Gasteiger partial charge in [-0.15, -0.1) is 0 Å². The molecule has 0 aromatic heterocycles. The van der Waals surface area contributed by atoms with Crippen molar-refractivity contribution in [2.45, 2.75) is 12.7 Å². The number of hydrogen-bond acceptors (Lipinski definition) is 2. The monoisotopic (exact) mass is 268 g/mol. The van der Waals surface area contributed by atoms with Crippen LogP contribution in [0.1, 0.15) is 5.56 Å². The first-order valence-electron chi connectivity index (χ1n) is 5.24. The summed E-state index contributed by atoms with van der Waals surface area (Å²) in [5, 5.41) is 0. The minimum atomic E-state index is -4.37. The molecule has 0 saturated carbocycles. The van der Waals surface area contributed by atoms with E-state index in [-0.39, 0.29) is 25.2 Å². The van der Waals surface area contributed by atoms with Crippen LogP contribution in [0.3, 0.4) is 0 Å². The van der Waals surface area contributed by atoms with Gasteiger partial charge in [-0.1, -0.05) is 0 Å². The Hall–Kier alpha value is -1.21. The van der Waals surface area contributed by atoms with Crippen molar-refractivity contribution < 1.29 is 22.0 Å². The zero-order valence-corrected chi connectivity index (χ0v) is 9.47. The third kappa shape index (κ3) is 5.42. The molecule has 0 heterocycles. The zero-order valence-electron chi connectivity index (χ0n) is 9.47. The summed E-state index contributed by atoms with van der Waals surface area (Å²) < 4.78 is 62.6. The minimum Gasteiger partial charge on any atom is -0.329 e. The van der Waals surface area contributed by atoms with Crippen LogP contribution in [0.2, 0.25) is 0 Å². The molecule has 0 unspecified atom stereocenters. The summed E-state index contributed by atoms with van der Waals surface area (Å²) >= 11 is 0. The number of hydrogen-bond donors (Lipinski definition) is 1. The molecule has 0 saturated heterocycles. The number of nitrogens with zero attached hydrogens (tertiary/aromatic N) is 1. The summed E-state index contributed by atoms with van der Waals surface area (Å²) in [5.74, 6) is -1.63. The molecule has 18 heavy (non-hydrogen) atoms. The van der Waals surface area contributed by atoms with E-state index in [1.165, 1.54) is 0 Å². The van der Waals surface area contributed by atoms with E-state index in [4.69, 9.17) is 5.73 Å². The van der Waals surface area contributed by atoms with Gasteiger partial charge in [-0.2, -0.15) is 13.2 Å². The predicted octanol–water partition coefficient (Wildman–Crippen LogP) is 2.29. The lowest BCUT2D eigenvalue weighted by atomic mass is 10.2.